The van der Waals surface area contributed by atoms with E-state index in [1.54, 1.807) is 13.1 Å². The molecule has 9 heteroatoms. The van der Waals surface area contributed by atoms with E-state index < -0.39 is 9.84 Å². The van der Waals surface area contributed by atoms with E-state index in [4.69, 9.17) is 4.74 Å². The number of hydrogen-bond donors (Lipinski definition) is 0. The smallest absolute Gasteiger partial charge is 0.272 e. The van der Waals surface area contributed by atoms with Gasteiger partial charge in [-0.15, -0.1) is 0 Å². The van der Waals surface area contributed by atoms with Gasteiger partial charge in [0.25, 0.3) is 5.91 Å². The third-order valence-corrected chi connectivity index (χ3v) is 6.03. The summed E-state index contributed by atoms with van der Waals surface area (Å²) in [5, 5.41) is 0. The average molecular weight is 340 g/mol. The van der Waals surface area contributed by atoms with Gasteiger partial charge in [0.2, 0.25) is 0 Å². The number of amides is 1. The van der Waals surface area contributed by atoms with Crippen LogP contribution < -0.4 is 4.90 Å². The van der Waals surface area contributed by atoms with Crippen molar-refractivity contribution in [3.05, 3.63) is 18.1 Å². The zero-order chi connectivity index (χ0) is 16.4. The van der Waals surface area contributed by atoms with Gasteiger partial charge in [-0.1, -0.05) is 0 Å². The Hall–Kier alpha value is -1.74. The molecule has 1 atom stereocenters. The summed E-state index contributed by atoms with van der Waals surface area (Å²) >= 11 is 0. The predicted molar refractivity (Wildman–Crippen MR) is 84.2 cm³/mol. The van der Waals surface area contributed by atoms with Crippen molar-refractivity contribution in [2.45, 2.75) is 12.5 Å². The van der Waals surface area contributed by atoms with Gasteiger partial charge in [-0.3, -0.25) is 4.79 Å². The summed E-state index contributed by atoms with van der Waals surface area (Å²) in [6.07, 6.45) is 1.85. The minimum absolute atomic E-state index is 0.0244. The summed E-state index contributed by atoms with van der Waals surface area (Å²) in [4.78, 5) is 24.4. The topological polar surface area (TPSA) is 92.7 Å². The summed E-state index contributed by atoms with van der Waals surface area (Å²) < 4.78 is 28.5. The van der Waals surface area contributed by atoms with Crippen molar-refractivity contribution in [2.75, 3.05) is 49.8 Å². The molecule has 1 unspecified atom stereocenters. The third-order valence-electron chi connectivity index (χ3n) is 4.28. The zero-order valence-electron chi connectivity index (χ0n) is 13.0. The molecule has 8 nitrogen and oxygen atoms in total. The highest BCUT2D eigenvalue weighted by Crippen LogP contribution is 2.19. The first-order valence-electron chi connectivity index (χ1n) is 7.58. The van der Waals surface area contributed by atoms with Crippen LogP contribution in [0.2, 0.25) is 0 Å². The highest BCUT2D eigenvalue weighted by Gasteiger charge is 2.33. The van der Waals surface area contributed by atoms with Gasteiger partial charge in [0, 0.05) is 32.2 Å². The molecule has 126 valence electrons. The molecule has 2 fully saturated rings. The first-order chi connectivity index (χ1) is 11.0. The molecule has 0 spiro atoms. The second-order valence-corrected chi connectivity index (χ2v) is 8.06. The molecule has 1 aromatic rings. The molecule has 0 saturated carbocycles. The molecule has 3 heterocycles. The van der Waals surface area contributed by atoms with Gasteiger partial charge >= 0.3 is 0 Å². The van der Waals surface area contributed by atoms with Crippen LogP contribution in [0.15, 0.2) is 12.4 Å². The van der Waals surface area contributed by atoms with Crippen molar-refractivity contribution in [1.29, 1.82) is 0 Å². The van der Waals surface area contributed by atoms with Crippen LogP contribution in [-0.2, 0) is 14.6 Å². The number of hydrogen-bond acceptors (Lipinski definition) is 7. The average Bonchev–Trinajstić information content (AvgIpc) is 2.94. The van der Waals surface area contributed by atoms with Gasteiger partial charge in [0.1, 0.15) is 17.8 Å². The number of aromatic nitrogens is 2. The van der Waals surface area contributed by atoms with Crippen molar-refractivity contribution < 1.29 is 17.9 Å². The lowest BCUT2D eigenvalue weighted by Crippen LogP contribution is -2.39. The molecule has 0 aromatic carbocycles. The van der Waals surface area contributed by atoms with Crippen molar-refractivity contribution in [3.63, 3.8) is 0 Å². The fourth-order valence-corrected chi connectivity index (χ4v) is 4.63. The normalized spacial score (nSPS) is 23.7. The predicted octanol–water partition coefficient (Wildman–Crippen LogP) is -0.428. The highest BCUT2D eigenvalue weighted by atomic mass is 32.2. The molecule has 0 N–H and O–H groups in total. The van der Waals surface area contributed by atoms with Crippen molar-refractivity contribution in [3.8, 4) is 0 Å². The fraction of sp³-hybridized carbons (Fsp3) is 0.643. The SMILES string of the molecule is CN(C(=O)c1cc(N2CCOCC2)ncn1)C1CCS(=O)(=O)C1. The molecular formula is C14H20N4O4S. The molecule has 23 heavy (non-hydrogen) atoms. The zero-order valence-corrected chi connectivity index (χ0v) is 13.8. The molecule has 2 aliphatic rings. The Labute approximate surface area is 135 Å². The molecular weight excluding hydrogens is 320 g/mol. The Morgan fingerprint density at radius 3 is 2.74 bits per heavy atom. The van der Waals surface area contributed by atoms with Crippen LogP contribution in [0.25, 0.3) is 0 Å². The first-order valence-corrected chi connectivity index (χ1v) is 9.41. The lowest BCUT2D eigenvalue weighted by atomic mass is 10.2. The number of nitrogens with zero attached hydrogens (tertiary/aromatic N) is 4. The minimum atomic E-state index is -3.03. The van der Waals surface area contributed by atoms with Gasteiger partial charge in [-0.2, -0.15) is 0 Å². The summed E-state index contributed by atoms with van der Waals surface area (Å²) in [6, 6.07) is 1.38. The summed E-state index contributed by atoms with van der Waals surface area (Å²) in [5.74, 6) is 0.581. The summed E-state index contributed by atoms with van der Waals surface area (Å²) in [6.45, 7) is 2.71. The second kappa shape index (κ2) is 6.40. The maximum atomic E-state index is 12.6. The van der Waals surface area contributed by atoms with Gasteiger partial charge in [-0.25, -0.2) is 18.4 Å². The Bertz CT molecular complexity index is 688. The Balaban J connectivity index is 1.74. The number of sulfone groups is 1. The molecule has 2 saturated heterocycles. The lowest BCUT2D eigenvalue weighted by molar-refractivity contribution is 0.0741. The van der Waals surface area contributed by atoms with Gasteiger partial charge in [0.05, 0.1) is 24.7 Å². The standard InChI is InChI=1S/C14H20N4O4S/c1-17(11-2-7-23(20,21)9-11)14(19)12-8-13(16-10-15-12)18-3-5-22-6-4-18/h8,10-11H,2-7,9H2,1H3. The third kappa shape index (κ3) is 3.61. The molecule has 2 aliphatic heterocycles. The molecule has 0 radical (unpaired) electrons. The quantitative estimate of drug-likeness (QED) is 0.737. The number of carbonyl (C=O) groups excluding carboxylic acids is 1. The van der Waals surface area contributed by atoms with Gasteiger partial charge < -0.3 is 14.5 Å². The highest BCUT2D eigenvalue weighted by molar-refractivity contribution is 7.91. The molecule has 1 amide bonds. The summed E-state index contributed by atoms with van der Waals surface area (Å²) in [7, 11) is -1.40. The molecule has 3 rings (SSSR count). The van der Waals surface area contributed by atoms with Crippen LogP contribution in [0.3, 0.4) is 0 Å². The van der Waals surface area contributed by atoms with Crippen LogP contribution in [0.4, 0.5) is 5.82 Å². The Morgan fingerprint density at radius 2 is 2.09 bits per heavy atom. The van der Waals surface area contributed by atoms with E-state index in [0.717, 1.165) is 13.1 Å². The summed E-state index contributed by atoms with van der Waals surface area (Å²) in [5.41, 5.74) is 0.285. The van der Waals surface area contributed by atoms with E-state index in [1.165, 1.54) is 11.2 Å². The van der Waals surface area contributed by atoms with E-state index in [0.29, 0.717) is 25.5 Å². The van der Waals surface area contributed by atoms with Crippen molar-refractivity contribution in [2.24, 2.45) is 0 Å². The van der Waals surface area contributed by atoms with Gasteiger partial charge in [-0.05, 0) is 6.42 Å². The number of ether oxygens (including phenoxy) is 1. The van der Waals surface area contributed by atoms with E-state index in [2.05, 4.69) is 9.97 Å². The number of rotatable bonds is 3. The van der Waals surface area contributed by atoms with Crippen LogP contribution in [-0.4, -0.2) is 80.1 Å². The number of anilines is 1. The van der Waals surface area contributed by atoms with Gasteiger partial charge in [0.15, 0.2) is 9.84 Å². The van der Waals surface area contributed by atoms with E-state index in [9.17, 15) is 13.2 Å². The molecule has 0 aliphatic carbocycles. The largest absolute Gasteiger partial charge is 0.378 e. The second-order valence-electron chi connectivity index (χ2n) is 5.83. The van der Waals surface area contributed by atoms with Crippen molar-refractivity contribution >= 4 is 21.6 Å². The lowest BCUT2D eigenvalue weighted by Gasteiger charge is -2.28. The fourth-order valence-electron chi connectivity index (χ4n) is 2.86. The van der Waals surface area contributed by atoms with Crippen molar-refractivity contribution in [1.82, 2.24) is 14.9 Å². The first kappa shape index (κ1) is 16.1. The minimum Gasteiger partial charge on any atom is -0.378 e. The van der Waals surface area contributed by atoms with E-state index in [-0.39, 0.29) is 29.1 Å². The monoisotopic (exact) mass is 340 g/mol. The van der Waals surface area contributed by atoms with E-state index >= 15 is 0 Å². The van der Waals surface area contributed by atoms with Crippen LogP contribution in [0, 0.1) is 0 Å². The van der Waals surface area contributed by atoms with Crippen LogP contribution in [0.1, 0.15) is 16.9 Å². The number of morpholine rings is 1. The Morgan fingerprint density at radius 1 is 1.35 bits per heavy atom. The molecule has 0 bridgehead atoms. The van der Waals surface area contributed by atoms with Crippen LogP contribution >= 0.6 is 0 Å². The van der Waals surface area contributed by atoms with Crippen LogP contribution in [0.5, 0.6) is 0 Å². The maximum absolute atomic E-state index is 12.6. The molecule has 1 aromatic heterocycles. The maximum Gasteiger partial charge on any atom is 0.272 e. The number of carbonyl (C=O) groups is 1. The van der Waals surface area contributed by atoms with E-state index in [1.807, 2.05) is 4.90 Å². The Kier molecular flexibility index (Phi) is 4.49.